The third-order valence-corrected chi connectivity index (χ3v) is 4.31. The van der Waals surface area contributed by atoms with E-state index in [1.807, 2.05) is 0 Å². The Bertz CT molecular complexity index is 655. The minimum Gasteiger partial charge on any atom is -0.439 e. The van der Waals surface area contributed by atoms with Gasteiger partial charge in [-0.05, 0) is 6.42 Å². The molecule has 0 aliphatic carbocycles. The lowest BCUT2D eigenvalue weighted by Gasteiger charge is -2.35. The number of likely N-dealkylation sites (tertiary alicyclic amines) is 1. The molecule has 2 saturated heterocycles. The third-order valence-electron chi connectivity index (χ3n) is 4.31. The summed E-state index contributed by atoms with van der Waals surface area (Å²) in [5.41, 5.74) is -0.904. The normalized spacial score (nSPS) is 17.7. The maximum Gasteiger partial charge on any atom is 0.419 e. The molecule has 2 aliphatic rings. The van der Waals surface area contributed by atoms with Gasteiger partial charge in [-0.1, -0.05) is 0 Å². The molecule has 0 atom stereocenters. The number of ether oxygens (including phenoxy) is 1. The second-order valence-corrected chi connectivity index (χ2v) is 6.03. The van der Waals surface area contributed by atoms with E-state index in [2.05, 4.69) is 9.97 Å². The summed E-state index contributed by atoms with van der Waals surface area (Å²) in [7, 11) is 0. The van der Waals surface area contributed by atoms with Crippen molar-refractivity contribution < 1.29 is 27.5 Å². The van der Waals surface area contributed by atoms with Crippen molar-refractivity contribution in [3.8, 4) is 0 Å². The molecule has 3 heterocycles. The molecular formula is C15H18F3N5O3. The van der Waals surface area contributed by atoms with E-state index in [4.69, 9.17) is 4.74 Å². The van der Waals surface area contributed by atoms with E-state index in [0.29, 0.717) is 39.3 Å². The third kappa shape index (κ3) is 4.14. The number of amides is 2. The Balaban J connectivity index is 1.46. The molecule has 0 bridgehead atoms. The molecule has 1 aromatic rings. The molecule has 0 spiro atoms. The highest BCUT2D eigenvalue weighted by molar-refractivity contribution is 5.80. The average molecular weight is 373 g/mol. The van der Waals surface area contributed by atoms with Gasteiger partial charge in [-0.25, -0.2) is 14.8 Å². The van der Waals surface area contributed by atoms with Crippen LogP contribution in [-0.2, 0) is 15.7 Å². The number of rotatable bonds is 3. The second kappa shape index (κ2) is 7.34. The summed E-state index contributed by atoms with van der Waals surface area (Å²) < 4.78 is 42.6. The number of nitrogens with zero attached hydrogens (tertiary/aromatic N) is 5. The van der Waals surface area contributed by atoms with Crippen LogP contribution in [0.15, 0.2) is 12.4 Å². The summed E-state index contributed by atoms with van der Waals surface area (Å²) in [6, 6.07) is 0. The molecule has 2 amide bonds. The minimum atomic E-state index is -4.48. The molecule has 2 aliphatic heterocycles. The minimum absolute atomic E-state index is 0.189. The maximum absolute atomic E-state index is 12.5. The van der Waals surface area contributed by atoms with Crippen LogP contribution < -0.4 is 4.90 Å². The number of halogens is 3. The van der Waals surface area contributed by atoms with E-state index in [0.717, 1.165) is 18.8 Å². The summed E-state index contributed by atoms with van der Waals surface area (Å²) >= 11 is 0. The quantitative estimate of drug-likeness (QED) is 0.786. The molecule has 3 rings (SSSR count). The highest BCUT2D eigenvalue weighted by Crippen LogP contribution is 2.28. The lowest BCUT2D eigenvalue weighted by molar-refractivity contribution is -0.138. The lowest BCUT2D eigenvalue weighted by atomic mass is 10.2. The predicted octanol–water partition coefficient (Wildman–Crippen LogP) is 0.986. The van der Waals surface area contributed by atoms with E-state index in [1.165, 1.54) is 4.90 Å². The van der Waals surface area contributed by atoms with Crippen molar-refractivity contribution in [3.63, 3.8) is 0 Å². The maximum atomic E-state index is 12.5. The average Bonchev–Trinajstić information content (AvgIpc) is 2.58. The molecule has 0 saturated carbocycles. The number of anilines is 1. The van der Waals surface area contributed by atoms with Gasteiger partial charge in [-0.15, -0.1) is 0 Å². The molecule has 0 aromatic carbocycles. The van der Waals surface area contributed by atoms with Crippen LogP contribution in [0.2, 0.25) is 0 Å². The summed E-state index contributed by atoms with van der Waals surface area (Å²) in [6.45, 7) is 2.47. The van der Waals surface area contributed by atoms with Crippen molar-refractivity contribution in [2.24, 2.45) is 0 Å². The van der Waals surface area contributed by atoms with E-state index in [1.54, 1.807) is 9.80 Å². The zero-order valence-corrected chi connectivity index (χ0v) is 13.9. The van der Waals surface area contributed by atoms with Crippen molar-refractivity contribution in [2.45, 2.75) is 12.6 Å². The van der Waals surface area contributed by atoms with Gasteiger partial charge in [0.1, 0.15) is 0 Å². The van der Waals surface area contributed by atoms with Crippen LogP contribution in [0.4, 0.5) is 23.9 Å². The van der Waals surface area contributed by atoms with Gasteiger partial charge in [0.25, 0.3) is 5.91 Å². The van der Waals surface area contributed by atoms with Crippen LogP contribution in [0.5, 0.6) is 0 Å². The Kier molecular flexibility index (Phi) is 5.14. The number of aromatic nitrogens is 2. The van der Waals surface area contributed by atoms with Crippen molar-refractivity contribution >= 4 is 17.9 Å². The first-order valence-corrected chi connectivity index (χ1v) is 8.18. The van der Waals surface area contributed by atoms with Crippen LogP contribution in [0.3, 0.4) is 0 Å². The Labute approximate surface area is 147 Å². The molecule has 142 valence electrons. The second-order valence-electron chi connectivity index (χ2n) is 6.03. The molecule has 2 fully saturated rings. The fourth-order valence-electron chi connectivity index (χ4n) is 2.59. The van der Waals surface area contributed by atoms with Gasteiger partial charge in [-0.3, -0.25) is 4.79 Å². The smallest absolute Gasteiger partial charge is 0.419 e. The molecule has 0 unspecified atom stereocenters. The van der Waals surface area contributed by atoms with Crippen molar-refractivity contribution in [1.82, 2.24) is 19.8 Å². The van der Waals surface area contributed by atoms with E-state index in [9.17, 15) is 22.8 Å². The molecular weight excluding hydrogens is 355 g/mol. The Morgan fingerprint density at radius 2 is 1.62 bits per heavy atom. The monoisotopic (exact) mass is 373 g/mol. The topological polar surface area (TPSA) is 78.9 Å². The highest BCUT2D eigenvalue weighted by atomic mass is 19.4. The fourth-order valence-corrected chi connectivity index (χ4v) is 2.59. The molecule has 0 radical (unpaired) electrons. The number of hydrogen-bond donors (Lipinski definition) is 0. The highest BCUT2D eigenvalue weighted by Gasteiger charge is 2.32. The lowest BCUT2D eigenvalue weighted by Crippen LogP contribution is -2.51. The van der Waals surface area contributed by atoms with Gasteiger partial charge >= 0.3 is 12.3 Å². The fraction of sp³-hybridized carbons (Fsp3) is 0.600. The summed E-state index contributed by atoms with van der Waals surface area (Å²) in [4.78, 5) is 35.9. The van der Waals surface area contributed by atoms with Crippen molar-refractivity contribution in [2.75, 3.05) is 50.8 Å². The molecule has 8 nitrogen and oxygen atoms in total. The van der Waals surface area contributed by atoms with Crippen LogP contribution >= 0.6 is 0 Å². The predicted molar refractivity (Wildman–Crippen MR) is 83.4 cm³/mol. The molecule has 26 heavy (non-hydrogen) atoms. The standard InChI is InChI=1S/C15H18F3N5O3/c16-15(17,18)11-8-19-13(20-9-11)22-6-4-21(5-7-22)12(24)10-26-14(25)23-2-1-3-23/h8-9H,1-7,10H2. The Hall–Kier alpha value is -2.59. The van der Waals surface area contributed by atoms with Gasteiger partial charge < -0.3 is 19.4 Å². The first-order chi connectivity index (χ1) is 12.3. The van der Waals surface area contributed by atoms with Crippen LogP contribution in [0.25, 0.3) is 0 Å². The zero-order chi connectivity index (χ0) is 18.7. The largest absolute Gasteiger partial charge is 0.439 e. The first kappa shape index (κ1) is 18.2. The summed E-state index contributed by atoms with van der Waals surface area (Å²) in [5.74, 6) is -0.110. The molecule has 1 aromatic heterocycles. The van der Waals surface area contributed by atoms with Crippen molar-refractivity contribution in [3.05, 3.63) is 18.0 Å². The first-order valence-electron chi connectivity index (χ1n) is 8.18. The number of hydrogen-bond acceptors (Lipinski definition) is 6. The SMILES string of the molecule is O=C(COC(=O)N1CCC1)N1CCN(c2ncc(C(F)(F)F)cn2)CC1. The number of piperazine rings is 1. The van der Waals surface area contributed by atoms with E-state index in [-0.39, 0.29) is 18.5 Å². The molecule has 11 heteroatoms. The zero-order valence-electron chi connectivity index (χ0n) is 13.9. The van der Waals surface area contributed by atoms with E-state index < -0.39 is 17.8 Å². The van der Waals surface area contributed by atoms with Gasteiger partial charge in [0.2, 0.25) is 5.95 Å². The summed E-state index contributed by atoms with van der Waals surface area (Å²) in [6.07, 6.45) is -2.53. The Morgan fingerprint density at radius 3 is 2.12 bits per heavy atom. The summed E-state index contributed by atoms with van der Waals surface area (Å²) in [5, 5.41) is 0. The van der Waals surface area contributed by atoms with Crippen LogP contribution in [-0.4, -0.2) is 77.6 Å². The van der Waals surface area contributed by atoms with Crippen LogP contribution in [0, 0.1) is 0 Å². The number of carbonyl (C=O) groups excluding carboxylic acids is 2. The van der Waals surface area contributed by atoms with Gasteiger partial charge in [0, 0.05) is 51.7 Å². The van der Waals surface area contributed by atoms with E-state index >= 15 is 0 Å². The number of alkyl halides is 3. The van der Waals surface area contributed by atoms with Gasteiger partial charge in [0.15, 0.2) is 6.61 Å². The Morgan fingerprint density at radius 1 is 1.00 bits per heavy atom. The van der Waals surface area contributed by atoms with Gasteiger partial charge in [-0.2, -0.15) is 13.2 Å². The van der Waals surface area contributed by atoms with Crippen LogP contribution in [0.1, 0.15) is 12.0 Å². The van der Waals surface area contributed by atoms with Gasteiger partial charge in [0.05, 0.1) is 5.56 Å². The molecule has 0 N–H and O–H groups in total. The number of carbonyl (C=O) groups is 2. The van der Waals surface area contributed by atoms with Crippen molar-refractivity contribution in [1.29, 1.82) is 0 Å².